The van der Waals surface area contributed by atoms with Gasteiger partial charge in [-0.3, -0.25) is 9.59 Å². The summed E-state index contributed by atoms with van der Waals surface area (Å²) in [5.74, 6) is -0.0180. The minimum Gasteiger partial charge on any atom is -0.480 e. The van der Waals surface area contributed by atoms with Crippen molar-refractivity contribution in [2.75, 3.05) is 23.3 Å². The SMILES string of the molecule is CCCCCCCCCCCCSC[C@H](NC(=O)c1ccccc1)C(=O)O.O=C(CCl)CCl. The standard InChI is InChI=1S/C22H35NO3S.C3H4Cl2O/c1-2-3-4-5-6-7-8-9-10-14-17-27-18-20(22(25)26)23-21(24)19-15-12-11-13-16-19;4-1-3(6)2-5/h11-13,15-16,20H,2-10,14,17-18H2,1H3,(H,23,24)(H,25,26);1-2H2/t20-;/m0./s1. The van der Waals surface area contributed by atoms with Crippen molar-refractivity contribution >= 4 is 52.6 Å². The van der Waals surface area contributed by atoms with Crippen LogP contribution in [0.1, 0.15) is 81.5 Å². The van der Waals surface area contributed by atoms with E-state index in [-0.39, 0.29) is 23.5 Å². The fourth-order valence-corrected chi connectivity index (χ4v) is 4.26. The molecule has 8 heteroatoms. The molecule has 1 atom stereocenters. The Morgan fingerprint density at radius 2 is 1.39 bits per heavy atom. The number of carbonyl (C=O) groups is 3. The van der Waals surface area contributed by atoms with Crippen molar-refractivity contribution in [2.45, 2.75) is 77.2 Å². The van der Waals surface area contributed by atoms with Crippen LogP contribution in [0.2, 0.25) is 0 Å². The third kappa shape index (κ3) is 18.8. The molecular formula is C25H39Cl2NO4S. The van der Waals surface area contributed by atoms with Crippen molar-refractivity contribution < 1.29 is 19.5 Å². The summed E-state index contributed by atoms with van der Waals surface area (Å²) >= 11 is 11.6. The number of nitrogens with one attached hydrogen (secondary N) is 1. The highest BCUT2D eigenvalue weighted by atomic mass is 35.5. The molecule has 33 heavy (non-hydrogen) atoms. The van der Waals surface area contributed by atoms with E-state index in [1.807, 2.05) is 6.07 Å². The van der Waals surface area contributed by atoms with Crippen LogP contribution in [0.25, 0.3) is 0 Å². The molecule has 0 bridgehead atoms. The largest absolute Gasteiger partial charge is 0.480 e. The zero-order valence-corrected chi connectivity index (χ0v) is 22.0. The molecule has 0 saturated carbocycles. The molecule has 0 fully saturated rings. The molecule has 0 spiro atoms. The number of rotatable bonds is 18. The number of carboxylic acid groups (broad SMARTS) is 1. The highest BCUT2D eigenvalue weighted by Gasteiger charge is 2.20. The number of halogens is 2. The van der Waals surface area contributed by atoms with Crippen LogP contribution in [0.5, 0.6) is 0 Å². The molecule has 0 aliphatic heterocycles. The van der Waals surface area contributed by atoms with Gasteiger partial charge in [-0.1, -0.05) is 82.9 Å². The van der Waals surface area contributed by atoms with Gasteiger partial charge in [-0.25, -0.2) is 4.79 Å². The van der Waals surface area contributed by atoms with Gasteiger partial charge in [0.25, 0.3) is 5.91 Å². The number of ketones is 1. The molecule has 0 aromatic heterocycles. The molecule has 0 saturated heterocycles. The molecule has 1 rings (SSSR count). The van der Waals surface area contributed by atoms with E-state index in [1.165, 1.54) is 57.8 Å². The summed E-state index contributed by atoms with van der Waals surface area (Å²) in [4.78, 5) is 33.4. The van der Waals surface area contributed by atoms with Gasteiger partial charge in [0.15, 0.2) is 5.78 Å². The van der Waals surface area contributed by atoms with Crippen LogP contribution in [-0.4, -0.2) is 52.1 Å². The van der Waals surface area contributed by atoms with Gasteiger partial charge in [-0.05, 0) is 24.3 Å². The molecule has 0 radical (unpaired) electrons. The number of Topliss-reactive ketones (excluding diaryl/α,β-unsaturated/α-hetero) is 1. The number of thioether (sulfide) groups is 1. The van der Waals surface area contributed by atoms with Gasteiger partial charge in [0.05, 0.1) is 11.8 Å². The average molecular weight is 521 g/mol. The third-order valence-corrected chi connectivity index (χ3v) is 6.61. The number of alkyl halides is 2. The lowest BCUT2D eigenvalue weighted by molar-refractivity contribution is -0.138. The first-order chi connectivity index (χ1) is 16.0. The Morgan fingerprint density at radius 1 is 0.879 bits per heavy atom. The number of aliphatic carboxylic acids is 1. The molecule has 0 aliphatic rings. The number of carboxylic acids is 1. The fraction of sp³-hybridized carbons (Fsp3) is 0.640. The number of benzene rings is 1. The van der Waals surface area contributed by atoms with E-state index in [9.17, 15) is 19.5 Å². The van der Waals surface area contributed by atoms with E-state index in [0.29, 0.717) is 11.3 Å². The Labute approximate surface area is 213 Å². The van der Waals surface area contributed by atoms with E-state index < -0.39 is 12.0 Å². The van der Waals surface area contributed by atoms with E-state index >= 15 is 0 Å². The Morgan fingerprint density at radius 3 is 1.85 bits per heavy atom. The Hall–Kier alpha value is -1.24. The average Bonchev–Trinajstić information content (AvgIpc) is 2.84. The van der Waals surface area contributed by atoms with Gasteiger partial charge in [0.2, 0.25) is 0 Å². The van der Waals surface area contributed by atoms with Gasteiger partial charge in [0, 0.05) is 11.3 Å². The summed E-state index contributed by atoms with van der Waals surface area (Å²) < 4.78 is 0. The topological polar surface area (TPSA) is 83.5 Å². The maximum Gasteiger partial charge on any atom is 0.327 e. The first kappa shape index (κ1) is 31.8. The van der Waals surface area contributed by atoms with E-state index in [0.717, 1.165) is 12.2 Å². The quantitative estimate of drug-likeness (QED) is 0.169. The molecule has 0 aliphatic carbocycles. The van der Waals surface area contributed by atoms with Gasteiger partial charge in [0.1, 0.15) is 6.04 Å². The molecule has 1 aromatic rings. The molecule has 188 valence electrons. The minimum atomic E-state index is -0.977. The lowest BCUT2D eigenvalue weighted by Crippen LogP contribution is -2.42. The zero-order valence-electron chi connectivity index (χ0n) is 19.7. The highest BCUT2D eigenvalue weighted by molar-refractivity contribution is 7.99. The van der Waals surface area contributed by atoms with Crippen LogP contribution in [0, 0.1) is 0 Å². The van der Waals surface area contributed by atoms with Crippen LogP contribution >= 0.6 is 35.0 Å². The smallest absolute Gasteiger partial charge is 0.327 e. The summed E-state index contributed by atoms with van der Waals surface area (Å²) in [6.45, 7) is 2.24. The molecule has 1 amide bonds. The van der Waals surface area contributed by atoms with Crippen LogP contribution in [-0.2, 0) is 9.59 Å². The molecule has 0 unspecified atom stereocenters. The molecular weight excluding hydrogens is 481 g/mol. The van der Waals surface area contributed by atoms with E-state index in [4.69, 9.17) is 23.2 Å². The second kappa shape index (κ2) is 22.5. The number of hydrogen-bond acceptors (Lipinski definition) is 4. The summed E-state index contributed by atoms with van der Waals surface area (Å²) in [5.41, 5.74) is 0.489. The van der Waals surface area contributed by atoms with Crippen molar-refractivity contribution in [3.63, 3.8) is 0 Å². The number of hydrogen-bond donors (Lipinski definition) is 2. The lowest BCUT2D eigenvalue weighted by Gasteiger charge is -2.14. The second-order valence-corrected chi connectivity index (χ2v) is 9.48. The van der Waals surface area contributed by atoms with Crippen LogP contribution < -0.4 is 5.32 Å². The maximum absolute atomic E-state index is 12.1. The van der Waals surface area contributed by atoms with Crippen molar-refractivity contribution in [1.29, 1.82) is 0 Å². The van der Waals surface area contributed by atoms with Crippen LogP contribution in [0.15, 0.2) is 30.3 Å². The summed E-state index contributed by atoms with van der Waals surface area (Å²) in [7, 11) is 0. The van der Waals surface area contributed by atoms with Crippen LogP contribution in [0.3, 0.4) is 0 Å². The third-order valence-electron chi connectivity index (χ3n) is 4.86. The van der Waals surface area contributed by atoms with Gasteiger partial charge >= 0.3 is 5.97 Å². The first-order valence-electron chi connectivity index (χ1n) is 11.8. The fourth-order valence-electron chi connectivity index (χ4n) is 2.93. The molecule has 5 nitrogen and oxygen atoms in total. The van der Waals surface area contributed by atoms with Crippen molar-refractivity contribution in [2.24, 2.45) is 0 Å². The molecule has 0 heterocycles. The predicted molar refractivity (Wildman–Crippen MR) is 141 cm³/mol. The minimum absolute atomic E-state index is 0.0312. The Balaban J connectivity index is 0.00000150. The second-order valence-electron chi connectivity index (χ2n) is 7.79. The van der Waals surface area contributed by atoms with Gasteiger partial charge in [-0.2, -0.15) is 11.8 Å². The summed E-state index contributed by atoms with van der Waals surface area (Å²) in [5, 5.41) is 11.9. The lowest BCUT2D eigenvalue weighted by atomic mass is 10.1. The number of amides is 1. The number of carbonyl (C=O) groups excluding carboxylic acids is 2. The van der Waals surface area contributed by atoms with Crippen molar-refractivity contribution in [3.8, 4) is 0 Å². The number of unbranched alkanes of at least 4 members (excludes halogenated alkanes) is 9. The van der Waals surface area contributed by atoms with Crippen molar-refractivity contribution in [1.82, 2.24) is 5.32 Å². The summed E-state index contributed by atoms with van der Waals surface area (Å²) in [6.07, 6.45) is 13.0. The molecule has 1 aromatic carbocycles. The van der Waals surface area contributed by atoms with Crippen molar-refractivity contribution in [3.05, 3.63) is 35.9 Å². The highest BCUT2D eigenvalue weighted by Crippen LogP contribution is 2.13. The maximum atomic E-state index is 12.1. The Bertz CT molecular complexity index is 641. The van der Waals surface area contributed by atoms with Gasteiger partial charge < -0.3 is 10.4 Å². The van der Waals surface area contributed by atoms with E-state index in [2.05, 4.69) is 12.2 Å². The first-order valence-corrected chi connectivity index (χ1v) is 14.0. The van der Waals surface area contributed by atoms with E-state index in [1.54, 1.807) is 36.0 Å². The predicted octanol–water partition coefficient (Wildman–Crippen LogP) is 6.56. The monoisotopic (exact) mass is 519 g/mol. The van der Waals surface area contributed by atoms with Crippen LogP contribution in [0.4, 0.5) is 0 Å². The van der Waals surface area contributed by atoms with Gasteiger partial charge in [-0.15, -0.1) is 23.2 Å². The summed E-state index contributed by atoms with van der Waals surface area (Å²) in [6, 6.07) is 7.89. The molecule has 2 N–H and O–H groups in total. The normalized spacial score (nSPS) is 11.2. The Kier molecular flexibility index (Phi) is 21.7. The zero-order chi connectivity index (χ0) is 24.7.